The molecule has 1 aliphatic rings. The average Bonchev–Trinajstić information content (AvgIpc) is 2.77. The quantitative estimate of drug-likeness (QED) is 0.715. The van der Waals surface area contributed by atoms with E-state index in [4.69, 9.17) is 11.6 Å². The van der Waals surface area contributed by atoms with Gasteiger partial charge in [-0.25, -0.2) is 9.37 Å². The third kappa shape index (κ3) is 2.32. The summed E-state index contributed by atoms with van der Waals surface area (Å²) in [6.07, 6.45) is 4.86. The van der Waals surface area contributed by atoms with Gasteiger partial charge in [0.1, 0.15) is 11.6 Å². The lowest BCUT2D eigenvalue weighted by Crippen LogP contribution is -2.19. The summed E-state index contributed by atoms with van der Waals surface area (Å²) in [6, 6.07) is 3.89. The molecule has 0 N–H and O–H groups in total. The fourth-order valence-corrected chi connectivity index (χ4v) is 3.60. The Kier molecular flexibility index (Phi) is 3.72. The van der Waals surface area contributed by atoms with Gasteiger partial charge in [0.15, 0.2) is 0 Å². The second-order valence-electron chi connectivity index (χ2n) is 6.05. The molecule has 1 saturated carbocycles. The first-order chi connectivity index (χ1) is 9.60. The molecule has 1 aliphatic carbocycles. The number of rotatable bonds is 2. The van der Waals surface area contributed by atoms with E-state index in [1.807, 2.05) is 6.07 Å². The third-order valence-electron chi connectivity index (χ3n) is 4.44. The summed E-state index contributed by atoms with van der Waals surface area (Å²) in [5.41, 5.74) is 2.42. The van der Waals surface area contributed by atoms with E-state index in [9.17, 15) is 4.39 Å². The predicted molar refractivity (Wildman–Crippen MR) is 80.7 cm³/mol. The van der Waals surface area contributed by atoms with E-state index < -0.39 is 0 Å². The minimum absolute atomic E-state index is 0.194. The first-order valence-corrected chi connectivity index (χ1v) is 7.86. The van der Waals surface area contributed by atoms with Crippen molar-refractivity contribution in [2.75, 3.05) is 0 Å². The topological polar surface area (TPSA) is 17.8 Å². The zero-order chi connectivity index (χ0) is 14.3. The Morgan fingerprint density at radius 2 is 2.20 bits per heavy atom. The molecule has 1 heterocycles. The van der Waals surface area contributed by atoms with Gasteiger partial charge in [-0.3, -0.25) is 0 Å². The molecule has 1 aromatic heterocycles. The Morgan fingerprint density at radius 1 is 1.40 bits per heavy atom. The maximum Gasteiger partial charge on any atom is 0.128 e. The Hall–Kier alpha value is -1.09. The van der Waals surface area contributed by atoms with Gasteiger partial charge in [-0.2, -0.15) is 0 Å². The molecular weight excluding hydrogens is 275 g/mol. The Labute approximate surface area is 123 Å². The van der Waals surface area contributed by atoms with Crippen LogP contribution in [0.4, 0.5) is 4.39 Å². The number of aromatic nitrogens is 2. The number of fused-ring (bicyclic) bond motifs is 1. The number of hydrogen-bond donors (Lipinski definition) is 0. The summed E-state index contributed by atoms with van der Waals surface area (Å²) >= 11 is 6.06. The van der Waals surface area contributed by atoms with Crippen LogP contribution in [-0.4, -0.2) is 9.55 Å². The number of aryl methyl sites for hydroxylation is 1. The van der Waals surface area contributed by atoms with Crippen LogP contribution in [0.15, 0.2) is 12.1 Å². The largest absolute Gasteiger partial charge is 0.324 e. The molecule has 0 aliphatic heterocycles. The molecule has 1 aromatic carbocycles. The second kappa shape index (κ2) is 5.36. The molecule has 0 radical (unpaired) electrons. The van der Waals surface area contributed by atoms with Gasteiger partial charge in [0.05, 0.1) is 16.9 Å². The summed E-state index contributed by atoms with van der Waals surface area (Å²) in [5, 5.41) is 0. The average molecular weight is 295 g/mol. The van der Waals surface area contributed by atoms with Crippen molar-refractivity contribution in [1.82, 2.24) is 9.55 Å². The number of nitrogens with zero attached hydrogens (tertiary/aromatic N) is 2. The minimum Gasteiger partial charge on any atom is -0.324 e. The van der Waals surface area contributed by atoms with E-state index in [1.165, 1.54) is 18.9 Å². The van der Waals surface area contributed by atoms with Gasteiger partial charge in [-0.1, -0.05) is 19.8 Å². The molecule has 2 nitrogen and oxygen atoms in total. The van der Waals surface area contributed by atoms with Crippen molar-refractivity contribution in [2.45, 2.75) is 51.5 Å². The van der Waals surface area contributed by atoms with Crippen LogP contribution in [-0.2, 0) is 5.88 Å². The summed E-state index contributed by atoms with van der Waals surface area (Å²) < 4.78 is 16.0. The van der Waals surface area contributed by atoms with Gasteiger partial charge in [-0.15, -0.1) is 11.6 Å². The van der Waals surface area contributed by atoms with Gasteiger partial charge in [0.25, 0.3) is 0 Å². The van der Waals surface area contributed by atoms with Gasteiger partial charge in [-0.05, 0) is 37.3 Å². The zero-order valence-corrected chi connectivity index (χ0v) is 12.8. The monoisotopic (exact) mass is 294 g/mol. The smallest absolute Gasteiger partial charge is 0.128 e. The molecule has 0 saturated heterocycles. The fraction of sp³-hybridized carbons (Fsp3) is 0.562. The standard InChI is InChI=1S/C16H20ClFN2/c1-10-4-3-5-12(6-10)20-15-7-11(2)13(18)8-14(15)19-16(20)9-17/h7-8,10,12H,3-6,9H2,1-2H3. The number of hydrogen-bond acceptors (Lipinski definition) is 1. The van der Waals surface area contributed by atoms with Gasteiger partial charge in [0.2, 0.25) is 0 Å². The molecule has 3 rings (SSSR count). The number of alkyl halides is 1. The van der Waals surface area contributed by atoms with Gasteiger partial charge < -0.3 is 4.57 Å². The lowest BCUT2D eigenvalue weighted by molar-refractivity contribution is 0.283. The van der Waals surface area contributed by atoms with E-state index in [0.29, 0.717) is 17.5 Å². The van der Waals surface area contributed by atoms with Crippen LogP contribution in [0.1, 0.15) is 50.0 Å². The molecule has 4 heteroatoms. The van der Waals surface area contributed by atoms with Crippen LogP contribution in [0.5, 0.6) is 0 Å². The Balaban J connectivity index is 2.14. The fourth-order valence-electron chi connectivity index (χ4n) is 3.41. The third-order valence-corrected chi connectivity index (χ3v) is 4.68. The number of halogens is 2. The van der Waals surface area contributed by atoms with Crippen molar-refractivity contribution in [3.63, 3.8) is 0 Å². The minimum atomic E-state index is -0.194. The Bertz CT molecular complexity index is 635. The van der Waals surface area contributed by atoms with Gasteiger partial charge in [0, 0.05) is 12.1 Å². The van der Waals surface area contributed by atoms with Crippen LogP contribution >= 0.6 is 11.6 Å². The van der Waals surface area contributed by atoms with Crippen molar-refractivity contribution in [2.24, 2.45) is 5.92 Å². The summed E-state index contributed by atoms with van der Waals surface area (Å²) in [7, 11) is 0. The normalized spacial score (nSPS) is 23.4. The molecule has 1 fully saturated rings. The molecule has 20 heavy (non-hydrogen) atoms. The van der Waals surface area contributed by atoms with E-state index in [1.54, 1.807) is 6.92 Å². The van der Waals surface area contributed by atoms with Crippen molar-refractivity contribution in [1.29, 1.82) is 0 Å². The summed E-state index contributed by atoms with van der Waals surface area (Å²) in [6.45, 7) is 4.10. The highest BCUT2D eigenvalue weighted by atomic mass is 35.5. The lowest BCUT2D eigenvalue weighted by atomic mass is 9.87. The van der Waals surface area contributed by atoms with Crippen LogP contribution in [0.2, 0.25) is 0 Å². The first-order valence-electron chi connectivity index (χ1n) is 7.33. The van der Waals surface area contributed by atoms with E-state index in [-0.39, 0.29) is 5.82 Å². The summed E-state index contributed by atoms with van der Waals surface area (Å²) in [4.78, 5) is 4.52. The molecule has 2 aromatic rings. The SMILES string of the molecule is Cc1cc2c(cc1F)nc(CCl)n2C1CCCC(C)C1. The molecule has 0 amide bonds. The highest BCUT2D eigenvalue weighted by Crippen LogP contribution is 2.36. The van der Waals surface area contributed by atoms with E-state index in [2.05, 4.69) is 16.5 Å². The van der Waals surface area contributed by atoms with Crippen molar-refractivity contribution < 1.29 is 4.39 Å². The van der Waals surface area contributed by atoms with Crippen LogP contribution in [0.25, 0.3) is 11.0 Å². The molecule has 0 spiro atoms. The zero-order valence-electron chi connectivity index (χ0n) is 12.0. The second-order valence-corrected chi connectivity index (χ2v) is 6.31. The van der Waals surface area contributed by atoms with Crippen LogP contribution < -0.4 is 0 Å². The molecule has 2 atom stereocenters. The highest BCUT2D eigenvalue weighted by Gasteiger charge is 2.24. The first kappa shape index (κ1) is 13.9. The molecule has 0 bridgehead atoms. The number of benzene rings is 1. The van der Waals surface area contributed by atoms with Crippen molar-refractivity contribution in [3.8, 4) is 0 Å². The maximum atomic E-state index is 13.7. The Morgan fingerprint density at radius 3 is 2.90 bits per heavy atom. The highest BCUT2D eigenvalue weighted by molar-refractivity contribution is 6.16. The van der Waals surface area contributed by atoms with E-state index >= 15 is 0 Å². The molecule has 108 valence electrons. The lowest BCUT2D eigenvalue weighted by Gasteiger charge is -2.29. The predicted octanol–water partition coefficient (Wildman–Crippen LogP) is 4.97. The molecular formula is C16H20ClFN2. The van der Waals surface area contributed by atoms with Crippen LogP contribution in [0.3, 0.4) is 0 Å². The van der Waals surface area contributed by atoms with Crippen molar-refractivity contribution >= 4 is 22.6 Å². The maximum absolute atomic E-state index is 13.7. The van der Waals surface area contributed by atoms with Crippen molar-refractivity contribution in [3.05, 3.63) is 29.3 Å². The van der Waals surface area contributed by atoms with E-state index in [0.717, 1.165) is 35.6 Å². The summed E-state index contributed by atoms with van der Waals surface area (Å²) in [5.74, 6) is 1.78. The molecule has 2 unspecified atom stereocenters. The van der Waals surface area contributed by atoms with Crippen LogP contribution in [0, 0.1) is 18.7 Å². The number of imidazole rings is 1. The van der Waals surface area contributed by atoms with Gasteiger partial charge >= 0.3 is 0 Å².